The zero-order chi connectivity index (χ0) is 14.8. The van der Waals surface area contributed by atoms with Gasteiger partial charge in [0.15, 0.2) is 0 Å². The van der Waals surface area contributed by atoms with Crippen molar-refractivity contribution in [3.63, 3.8) is 0 Å². The van der Waals surface area contributed by atoms with E-state index in [2.05, 4.69) is 58.7 Å². The number of nitrogens with zero attached hydrogens (tertiary/aromatic N) is 1. The van der Waals surface area contributed by atoms with Crippen LogP contribution in [-0.4, -0.2) is 11.9 Å². The van der Waals surface area contributed by atoms with Crippen LogP contribution in [0.15, 0.2) is 84.0 Å². The molecular formula is C20H15N2+. The van der Waals surface area contributed by atoms with Gasteiger partial charge in [-0.05, 0) is 28.4 Å². The first-order valence-electron chi connectivity index (χ1n) is 7.34. The third-order valence-electron chi connectivity index (χ3n) is 3.86. The van der Waals surface area contributed by atoms with E-state index >= 15 is 0 Å². The molecule has 0 saturated heterocycles. The molecule has 104 valence electrons. The molecule has 1 aliphatic carbocycles. The maximum absolute atomic E-state index is 4.61. The Kier molecular flexibility index (Phi) is 3.13. The highest BCUT2D eigenvalue weighted by molar-refractivity contribution is 6.24. The van der Waals surface area contributed by atoms with Crippen LogP contribution in [0.3, 0.4) is 0 Å². The minimum atomic E-state index is 0.999. The number of hydrogen-bond acceptors (Lipinski definition) is 1. The van der Waals surface area contributed by atoms with Crippen LogP contribution < -0.4 is 5.10 Å². The molecule has 0 atom stereocenters. The molecule has 3 aromatic carbocycles. The topological polar surface area (TPSA) is 26.3 Å². The Morgan fingerprint density at radius 1 is 0.591 bits per heavy atom. The van der Waals surface area contributed by atoms with Crippen molar-refractivity contribution in [2.75, 3.05) is 0 Å². The highest BCUT2D eigenvalue weighted by Crippen LogP contribution is 2.36. The summed E-state index contributed by atoms with van der Waals surface area (Å²) in [5.41, 5.74) is 6.96. The molecule has 1 aliphatic rings. The normalized spacial score (nSPS) is 12.3. The van der Waals surface area contributed by atoms with Gasteiger partial charge in [-0.25, -0.2) is 0 Å². The predicted molar refractivity (Wildman–Crippen MR) is 90.1 cm³/mol. The summed E-state index contributed by atoms with van der Waals surface area (Å²) in [6, 6.07) is 26.9. The van der Waals surface area contributed by atoms with Crippen LogP contribution in [0.2, 0.25) is 0 Å². The number of rotatable bonds is 2. The molecule has 0 bridgehead atoms. The van der Waals surface area contributed by atoms with Crippen molar-refractivity contribution in [2.45, 2.75) is 0 Å². The van der Waals surface area contributed by atoms with Crippen molar-refractivity contribution >= 4 is 11.9 Å². The zero-order valence-electron chi connectivity index (χ0n) is 12.0. The fraction of sp³-hybridized carbons (Fsp3) is 0. The lowest BCUT2D eigenvalue weighted by atomic mass is 10.1. The highest BCUT2D eigenvalue weighted by atomic mass is 15.2. The van der Waals surface area contributed by atoms with Crippen molar-refractivity contribution in [2.24, 2.45) is 5.10 Å². The molecule has 22 heavy (non-hydrogen) atoms. The lowest BCUT2D eigenvalue weighted by Crippen LogP contribution is -2.62. The lowest BCUT2D eigenvalue weighted by molar-refractivity contribution is -0.456. The SMILES string of the molecule is C(=[NH+]/N=C1c2ccccc2-c2ccccc21)/c1ccccc1. The second-order valence-corrected chi connectivity index (χ2v) is 5.24. The predicted octanol–water partition coefficient (Wildman–Crippen LogP) is 2.62. The van der Waals surface area contributed by atoms with Crippen LogP contribution in [0.25, 0.3) is 11.1 Å². The van der Waals surface area contributed by atoms with Gasteiger partial charge in [0, 0.05) is 16.7 Å². The van der Waals surface area contributed by atoms with E-state index in [1.807, 2.05) is 36.5 Å². The second kappa shape index (κ2) is 5.41. The van der Waals surface area contributed by atoms with E-state index in [0.29, 0.717) is 0 Å². The van der Waals surface area contributed by atoms with Crippen molar-refractivity contribution in [3.8, 4) is 11.1 Å². The molecule has 0 unspecified atom stereocenters. The van der Waals surface area contributed by atoms with Gasteiger partial charge in [0.1, 0.15) is 5.71 Å². The smallest absolute Gasteiger partial charge is 0.105 e. The van der Waals surface area contributed by atoms with Crippen LogP contribution in [0.1, 0.15) is 16.7 Å². The highest BCUT2D eigenvalue weighted by Gasteiger charge is 2.25. The third kappa shape index (κ3) is 2.15. The Labute approximate surface area is 129 Å². The summed E-state index contributed by atoms with van der Waals surface area (Å²) in [4.78, 5) is 0. The van der Waals surface area contributed by atoms with Gasteiger partial charge >= 0.3 is 0 Å². The van der Waals surface area contributed by atoms with Gasteiger partial charge in [0.05, 0.1) is 0 Å². The van der Waals surface area contributed by atoms with Gasteiger partial charge in [-0.15, -0.1) is 5.10 Å². The standard InChI is InChI=1S/C20H14N2/c1-2-8-15(9-3-1)14-21-22-20-18-12-6-4-10-16(18)17-11-5-7-13-19(17)20/h1-14H/p+1/b21-14-. The molecule has 0 radical (unpaired) electrons. The van der Waals surface area contributed by atoms with E-state index < -0.39 is 0 Å². The van der Waals surface area contributed by atoms with Crippen molar-refractivity contribution in [1.82, 2.24) is 0 Å². The van der Waals surface area contributed by atoms with E-state index in [0.717, 1.165) is 11.3 Å². The average Bonchev–Trinajstić information content (AvgIpc) is 2.91. The van der Waals surface area contributed by atoms with Gasteiger partial charge in [0.2, 0.25) is 6.21 Å². The maximum atomic E-state index is 4.61. The van der Waals surface area contributed by atoms with Gasteiger partial charge in [-0.2, -0.15) is 0 Å². The molecule has 0 amide bonds. The summed E-state index contributed by atoms with van der Waals surface area (Å²) in [6.07, 6.45) is 1.91. The minimum absolute atomic E-state index is 0.999. The fourth-order valence-corrected chi connectivity index (χ4v) is 2.84. The van der Waals surface area contributed by atoms with Gasteiger partial charge in [0.25, 0.3) is 0 Å². The van der Waals surface area contributed by atoms with Gasteiger partial charge in [-0.1, -0.05) is 66.7 Å². The fourth-order valence-electron chi connectivity index (χ4n) is 2.84. The monoisotopic (exact) mass is 283 g/mol. The lowest BCUT2D eigenvalue weighted by Gasteiger charge is -1.96. The summed E-state index contributed by atoms with van der Waals surface area (Å²) in [6.45, 7) is 0. The Morgan fingerprint density at radius 3 is 1.68 bits per heavy atom. The van der Waals surface area contributed by atoms with Crippen LogP contribution in [-0.2, 0) is 0 Å². The average molecular weight is 283 g/mol. The first-order chi connectivity index (χ1) is 10.9. The maximum Gasteiger partial charge on any atom is 0.200 e. The van der Waals surface area contributed by atoms with Crippen molar-refractivity contribution in [1.29, 1.82) is 0 Å². The van der Waals surface area contributed by atoms with Crippen LogP contribution in [0, 0.1) is 0 Å². The Morgan fingerprint density at radius 2 is 1.09 bits per heavy atom. The molecule has 0 fully saturated rings. The molecule has 2 nitrogen and oxygen atoms in total. The van der Waals surface area contributed by atoms with Crippen molar-refractivity contribution in [3.05, 3.63) is 95.6 Å². The third-order valence-corrected chi connectivity index (χ3v) is 3.86. The van der Waals surface area contributed by atoms with E-state index in [-0.39, 0.29) is 0 Å². The Bertz CT molecular complexity index is 829. The molecular weight excluding hydrogens is 268 g/mol. The minimum Gasteiger partial charge on any atom is -0.105 e. The van der Waals surface area contributed by atoms with Crippen molar-refractivity contribution < 1.29 is 5.10 Å². The molecule has 0 saturated carbocycles. The molecule has 1 N–H and O–H groups in total. The number of hydrazone groups is 1. The number of nitrogens with one attached hydrogen (secondary N) is 1. The number of hydrogen-bond donors (Lipinski definition) is 1. The summed E-state index contributed by atoms with van der Waals surface area (Å²) in [7, 11) is 0. The Balaban J connectivity index is 1.78. The van der Waals surface area contributed by atoms with E-state index in [4.69, 9.17) is 0 Å². The number of benzene rings is 3. The molecule has 4 rings (SSSR count). The van der Waals surface area contributed by atoms with Gasteiger partial charge in [-0.3, -0.25) is 0 Å². The van der Waals surface area contributed by atoms with E-state index in [1.54, 1.807) is 0 Å². The molecule has 2 heteroatoms. The number of fused-ring (bicyclic) bond motifs is 3. The quantitative estimate of drug-likeness (QED) is 0.432. The van der Waals surface area contributed by atoms with E-state index in [1.165, 1.54) is 22.3 Å². The molecule has 0 spiro atoms. The molecule has 3 aromatic rings. The van der Waals surface area contributed by atoms with Gasteiger partial charge < -0.3 is 0 Å². The Hall–Kier alpha value is -3.00. The zero-order valence-corrected chi connectivity index (χ0v) is 12.0. The first-order valence-corrected chi connectivity index (χ1v) is 7.34. The summed E-state index contributed by atoms with van der Waals surface area (Å²) in [5.74, 6) is 0. The summed E-state index contributed by atoms with van der Waals surface area (Å²) in [5, 5.41) is 7.70. The summed E-state index contributed by atoms with van der Waals surface area (Å²) < 4.78 is 0. The van der Waals surface area contributed by atoms with E-state index in [9.17, 15) is 0 Å². The largest absolute Gasteiger partial charge is 0.200 e. The molecule has 0 heterocycles. The van der Waals surface area contributed by atoms with Crippen LogP contribution in [0.4, 0.5) is 0 Å². The van der Waals surface area contributed by atoms with Crippen LogP contribution >= 0.6 is 0 Å². The summed E-state index contributed by atoms with van der Waals surface area (Å²) >= 11 is 0. The molecule has 0 aliphatic heterocycles. The molecule has 0 aromatic heterocycles. The van der Waals surface area contributed by atoms with Crippen LogP contribution in [0.5, 0.6) is 0 Å². The second-order valence-electron chi connectivity index (χ2n) is 5.24. The first kappa shape index (κ1) is 12.7.